The lowest BCUT2D eigenvalue weighted by Gasteiger charge is -2.32. The van der Waals surface area contributed by atoms with E-state index in [1.54, 1.807) is 39.0 Å². The van der Waals surface area contributed by atoms with Gasteiger partial charge in [0.25, 0.3) is 0 Å². The molecule has 0 atom stereocenters. The molecule has 1 aliphatic heterocycles. The normalized spacial score (nSPS) is 19.2. The number of primary amides is 1. The van der Waals surface area contributed by atoms with Crippen molar-refractivity contribution in [3.63, 3.8) is 0 Å². The lowest BCUT2D eigenvalue weighted by Crippen LogP contribution is -2.45. The fourth-order valence-corrected chi connectivity index (χ4v) is 5.02. The summed E-state index contributed by atoms with van der Waals surface area (Å²) in [4.78, 5) is 11.6. The lowest BCUT2D eigenvalue weighted by atomic mass is 9.75. The van der Waals surface area contributed by atoms with E-state index in [4.69, 9.17) is 15.0 Å². The first kappa shape index (κ1) is 24.9. The number of hydrogen-bond acceptors (Lipinski definition) is 5. The molecule has 1 heterocycles. The highest BCUT2D eigenvalue weighted by molar-refractivity contribution is 7.89. The summed E-state index contributed by atoms with van der Waals surface area (Å²) in [7, 11) is -4.74. The second kappa shape index (κ2) is 7.62. The van der Waals surface area contributed by atoms with Crippen LogP contribution in [0.1, 0.15) is 74.3 Å². The highest BCUT2D eigenvalue weighted by atomic mass is 32.2. The summed E-state index contributed by atoms with van der Waals surface area (Å²) in [6, 6.07) is 5.11. The van der Waals surface area contributed by atoms with Crippen molar-refractivity contribution in [2.24, 2.45) is 5.73 Å². The van der Waals surface area contributed by atoms with E-state index < -0.39 is 45.2 Å². The van der Waals surface area contributed by atoms with Crippen LogP contribution >= 0.6 is 0 Å². The molecule has 1 fully saturated rings. The van der Waals surface area contributed by atoms with Crippen LogP contribution in [-0.2, 0) is 29.5 Å². The Morgan fingerprint density at radius 1 is 1.07 bits per heavy atom. The van der Waals surface area contributed by atoms with Crippen molar-refractivity contribution in [3.05, 3.63) is 23.8 Å². The number of nitrogens with two attached hydrogens (primary N) is 1. The molecule has 0 aliphatic carbocycles. The van der Waals surface area contributed by atoms with Gasteiger partial charge in [0.05, 0.1) is 16.1 Å². The Morgan fingerprint density at radius 2 is 1.57 bits per heavy atom. The van der Waals surface area contributed by atoms with Gasteiger partial charge in [-0.1, -0.05) is 26.0 Å². The summed E-state index contributed by atoms with van der Waals surface area (Å²) in [5, 5.41) is 0. The number of benzene rings is 1. The molecule has 1 aromatic rings. The molecule has 0 radical (unpaired) electrons. The number of nitrogens with one attached hydrogen (secondary N) is 1. The molecule has 0 saturated carbocycles. The zero-order chi connectivity index (χ0) is 23.3. The fraction of sp³-hybridized carbons (Fsp3) is 0.667. The van der Waals surface area contributed by atoms with Gasteiger partial charge in [-0.3, -0.25) is 4.79 Å². The summed E-state index contributed by atoms with van der Waals surface area (Å²) in [5.41, 5.74) is 3.98. The van der Waals surface area contributed by atoms with Crippen molar-refractivity contribution >= 4 is 28.5 Å². The average Bonchev–Trinajstić information content (AvgIpc) is 2.71. The van der Waals surface area contributed by atoms with E-state index in [0.29, 0.717) is 11.0 Å². The summed E-state index contributed by atoms with van der Waals surface area (Å²) < 4.78 is 41.6. The third kappa shape index (κ3) is 5.25. The Hall–Kier alpha value is -1.42. The van der Waals surface area contributed by atoms with Crippen LogP contribution in [0.4, 0.5) is 0 Å². The number of carbonyl (C=O) groups excluding carboxylic acids is 1. The van der Waals surface area contributed by atoms with Crippen LogP contribution in [0.15, 0.2) is 23.1 Å². The topological polar surface area (TPSA) is 108 Å². The zero-order valence-corrected chi connectivity index (χ0v) is 20.4. The zero-order valence-electron chi connectivity index (χ0n) is 19.5. The van der Waals surface area contributed by atoms with E-state index in [0.717, 1.165) is 0 Å². The molecule has 0 bridgehead atoms. The van der Waals surface area contributed by atoms with E-state index in [9.17, 15) is 13.2 Å². The largest absolute Gasteiger partial charge is 0.496 e. The van der Waals surface area contributed by atoms with Gasteiger partial charge in [-0.25, -0.2) is 13.1 Å². The van der Waals surface area contributed by atoms with Crippen molar-refractivity contribution < 1.29 is 22.5 Å². The second-order valence-electron chi connectivity index (χ2n) is 10.7. The van der Waals surface area contributed by atoms with Gasteiger partial charge in [-0.15, -0.1) is 0 Å². The molecule has 2 rings (SSSR count). The maximum atomic E-state index is 13.3. The molecule has 1 amide bonds. The van der Waals surface area contributed by atoms with Gasteiger partial charge in [-0.2, -0.15) is 0 Å². The lowest BCUT2D eigenvalue weighted by molar-refractivity contribution is -0.119. The van der Waals surface area contributed by atoms with E-state index in [2.05, 4.69) is 4.72 Å². The molecule has 0 aromatic heterocycles. The molecule has 9 heteroatoms. The molecule has 3 N–H and O–H groups in total. The molecule has 7 nitrogen and oxygen atoms in total. The van der Waals surface area contributed by atoms with Crippen molar-refractivity contribution in [1.82, 2.24) is 4.72 Å². The Kier molecular flexibility index (Phi) is 6.31. The van der Waals surface area contributed by atoms with E-state index in [1.807, 2.05) is 41.5 Å². The average molecular weight is 438 g/mol. The quantitative estimate of drug-likeness (QED) is 0.663. The van der Waals surface area contributed by atoms with Gasteiger partial charge in [0.1, 0.15) is 0 Å². The number of carbonyl (C=O) groups is 1. The van der Waals surface area contributed by atoms with Gasteiger partial charge in [0.2, 0.25) is 15.9 Å². The van der Waals surface area contributed by atoms with E-state index >= 15 is 0 Å². The number of rotatable bonds is 6. The smallest absolute Gasteiger partial charge is 0.399 e. The van der Waals surface area contributed by atoms with E-state index in [-0.39, 0.29) is 11.3 Å². The minimum atomic E-state index is -3.90. The van der Waals surface area contributed by atoms with Crippen LogP contribution in [0.3, 0.4) is 0 Å². The third-order valence-electron chi connectivity index (χ3n) is 5.65. The molecule has 1 aromatic carbocycles. The highest BCUT2D eigenvalue weighted by Crippen LogP contribution is 2.37. The monoisotopic (exact) mass is 438 g/mol. The summed E-state index contributed by atoms with van der Waals surface area (Å²) in [6.07, 6.45) is 0.0923. The minimum absolute atomic E-state index is 0.0750. The molecule has 1 aliphatic rings. The molecule has 1 saturated heterocycles. The maximum Gasteiger partial charge on any atom is 0.496 e. The summed E-state index contributed by atoms with van der Waals surface area (Å²) >= 11 is 0. The molecule has 0 unspecified atom stereocenters. The fourth-order valence-electron chi connectivity index (χ4n) is 3.35. The Labute approximate surface area is 181 Å². The van der Waals surface area contributed by atoms with Crippen LogP contribution in [-0.4, -0.2) is 38.2 Å². The summed E-state index contributed by atoms with van der Waals surface area (Å²) in [5.74, 6) is -0.452. The maximum absolute atomic E-state index is 13.3. The number of sulfonamides is 1. The van der Waals surface area contributed by atoms with E-state index in [1.165, 1.54) is 0 Å². The molecule has 168 valence electrons. The van der Waals surface area contributed by atoms with Crippen molar-refractivity contribution in [2.45, 2.75) is 95.8 Å². The summed E-state index contributed by atoms with van der Waals surface area (Å²) in [6.45, 7) is 16.7. The van der Waals surface area contributed by atoms with Crippen LogP contribution in [0, 0.1) is 0 Å². The Bertz CT molecular complexity index is 917. The van der Waals surface area contributed by atoms with Crippen LogP contribution in [0.25, 0.3) is 0 Å². The van der Waals surface area contributed by atoms with Gasteiger partial charge in [0.15, 0.2) is 0 Å². The van der Waals surface area contributed by atoms with Crippen molar-refractivity contribution in [3.8, 4) is 0 Å². The predicted octanol–water partition coefficient (Wildman–Crippen LogP) is 2.22. The van der Waals surface area contributed by atoms with Gasteiger partial charge in [0, 0.05) is 17.4 Å². The van der Waals surface area contributed by atoms with Gasteiger partial charge in [-0.05, 0) is 65.5 Å². The number of hydrogen-bond donors (Lipinski definition) is 2. The van der Waals surface area contributed by atoms with Crippen LogP contribution in [0.5, 0.6) is 0 Å². The standard InChI is InChI=1S/C21H35BN2O5S/c1-18(2,3)24-30(26,27)16-12-14(19(4,5)13-17(23)25)10-11-15(16)22-28-20(6,7)21(8,9)29-22/h10-12,24H,13H2,1-9H3,(H2,23,25). The van der Waals surface area contributed by atoms with Gasteiger partial charge >= 0.3 is 7.12 Å². The highest BCUT2D eigenvalue weighted by Gasteiger charge is 2.53. The van der Waals surface area contributed by atoms with Crippen molar-refractivity contribution in [2.75, 3.05) is 0 Å². The van der Waals surface area contributed by atoms with Crippen LogP contribution < -0.4 is 15.9 Å². The molecular weight excluding hydrogens is 403 g/mol. The first-order valence-electron chi connectivity index (χ1n) is 10.1. The van der Waals surface area contributed by atoms with Gasteiger partial charge < -0.3 is 15.0 Å². The molecule has 30 heavy (non-hydrogen) atoms. The first-order valence-corrected chi connectivity index (χ1v) is 11.6. The molecular formula is C21H35BN2O5S. The number of amides is 1. The Morgan fingerprint density at radius 3 is 2.00 bits per heavy atom. The first-order chi connectivity index (χ1) is 13.3. The SMILES string of the molecule is CC(C)(C)NS(=O)(=O)c1cc(C(C)(C)CC(N)=O)ccc1B1OC(C)(C)C(C)(C)O1. The van der Waals surface area contributed by atoms with Crippen molar-refractivity contribution in [1.29, 1.82) is 0 Å². The second-order valence-corrected chi connectivity index (χ2v) is 12.4. The minimum Gasteiger partial charge on any atom is -0.399 e. The third-order valence-corrected chi connectivity index (χ3v) is 7.46. The Balaban J connectivity index is 2.65. The predicted molar refractivity (Wildman–Crippen MR) is 119 cm³/mol. The molecule has 0 spiro atoms. The van der Waals surface area contributed by atoms with Crippen LogP contribution in [0.2, 0.25) is 0 Å².